The first-order valence-electron chi connectivity index (χ1n) is 5.91. The van der Waals surface area contributed by atoms with E-state index in [1.54, 1.807) is 24.3 Å². The molecule has 3 heteroatoms. The van der Waals surface area contributed by atoms with Gasteiger partial charge in [-0.1, -0.05) is 12.1 Å². The van der Waals surface area contributed by atoms with E-state index in [4.69, 9.17) is 0 Å². The van der Waals surface area contributed by atoms with Crippen LogP contribution in [0.1, 0.15) is 31.1 Å². The van der Waals surface area contributed by atoms with Gasteiger partial charge in [-0.15, -0.1) is 0 Å². The zero-order chi connectivity index (χ0) is 13.3. The minimum absolute atomic E-state index is 0.0983. The number of phenolic OH excluding ortho intramolecular Hbond substituents is 1. The fourth-order valence-electron chi connectivity index (χ4n) is 1.88. The number of carbonyl (C=O) groups excluding carboxylic acids is 1. The maximum atomic E-state index is 12.2. The molecule has 0 fully saturated rings. The maximum Gasteiger partial charge on any atom is 0.252 e. The number of benzene rings is 2. The average Bonchev–Trinajstić information content (AvgIpc) is 2.25. The Morgan fingerprint density at radius 1 is 1.17 bits per heavy atom. The fourth-order valence-corrected chi connectivity index (χ4v) is 1.88. The Bertz CT molecular complexity index is 597. The lowest BCUT2D eigenvalue weighted by Gasteiger charge is -2.21. The smallest absolute Gasteiger partial charge is 0.252 e. The molecule has 2 rings (SSSR count). The molecule has 94 valence electrons. The van der Waals surface area contributed by atoms with Crippen LogP contribution in [-0.2, 0) is 0 Å². The molecule has 0 unspecified atom stereocenters. The molecule has 0 aliphatic rings. The number of hydrogen-bond acceptors (Lipinski definition) is 2. The second kappa shape index (κ2) is 4.33. The molecular formula is C15H17NO2. The van der Waals surface area contributed by atoms with Crippen LogP contribution in [0.5, 0.6) is 5.75 Å². The van der Waals surface area contributed by atoms with Crippen molar-refractivity contribution < 1.29 is 9.90 Å². The summed E-state index contributed by atoms with van der Waals surface area (Å²) < 4.78 is 0. The van der Waals surface area contributed by atoms with E-state index in [-0.39, 0.29) is 17.2 Å². The van der Waals surface area contributed by atoms with Gasteiger partial charge in [0, 0.05) is 11.1 Å². The molecule has 1 amide bonds. The summed E-state index contributed by atoms with van der Waals surface area (Å²) in [5.74, 6) is 0.106. The van der Waals surface area contributed by atoms with Gasteiger partial charge < -0.3 is 10.4 Å². The van der Waals surface area contributed by atoms with Gasteiger partial charge in [0.2, 0.25) is 0 Å². The van der Waals surface area contributed by atoms with E-state index < -0.39 is 0 Å². The summed E-state index contributed by atoms with van der Waals surface area (Å²) in [4.78, 5) is 12.2. The molecule has 0 saturated carbocycles. The van der Waals surface area contributed by atoms with Gasteiger partial charge in [0.25, 0.3) is 5.91 Å². The van der Waals surface area contributed by atoms with Crippen LogP contribution in [-0.4, -0.2) is 16.6 Å². The molecule has 0 bridgehead atoms. The third-order valence-corrected chi connectivity index (χ3v) is 2.60. The number of aromatic hydroxyl groups is 1. The molecule has 2 N–H and O–H groups in total. The van der Waals surface area contributed by atoms with Gasteiger partial charge in [-0.25, -0.2) is 0 Å². The molecule has 2 aromatic rings. The highest BCUT2D eigenvalue weighted by atomic mass is 16.3. The lowest BCUT2D eigenvalue weighted by molar-refractivity contribution is 0.0921. The summed E-state index contributed by atoms with van der Waals surface area (Å²) in [5.41, 5.74) is 0.360. The molecule has 0 aliphatic carbocycles. The van der Waals surface area contributed by atoms with Crippen molar-refractivity contribution in [3.63, 3.8) is 0 Å². The number of rotatable bonds is 1. The first-order chi connectivity index (χ1) is 8.37. The van der Waals surface area contributed by atoms with Crippen LogP contribution < -0.4 is 5.32 Å². The molecular weight excluding hydrogens is 226 g/mol. The van der Waals surface area contributed by atoms with E-state index in [2.05, 4.69) is 5.32 Å². The Kier molecular flexibility index (Phi) is 2.99. The van der Waals surface area contributed by atoms with Crippen molar-refractivity contribution in [2.24, 2.45) is 0 Å². The van der Waals surface area contributed by atoms with Crippen LogP contribution in [0.4, 0.5) is 0 Å². The van der Waals surface area contributed by atoms with E-state index in [0.29, 0.717) is 5.56 Å². The predicted octanol–water partition coefficient (Wildman–Crippen LogP) is 3.07. The third kappa shape index (κ3) is 2.62. The van der Waals surface area contributed by atoms with E-state index in [9.17, 15) is 9.90 Å². The Balaban J connectivity index is 2.48. The zero-order valence-corrected chi connectivity index (χ0v) is 10.8. The molecule has 0 spiro atoms. The number of hydrogen-bond donors (Lipinski definition) is 2. The Morgan fingerprint density at radius 2 is 1.89 bits per heavy atom. The topological polar surface area (TPSA) is 49.3 Å². The standard InChI is InChI=1S/C15H17NO2/c1-15(2,3)16-14(18)13-6-4-5-10-9-11(17)7-8-12(10)13/h4-9,17H,1-3H3,(H,16,18). The minimum Gasteiger partial charge on any atom is -0.508 e. The van der Waals surface area contributed by atoms with E-state index in [0.717, 1.165) is 10.8 Å². The number of carbonyl (C=O) groups is 1. The number of phenols is 1. The average molecular weight is 243 g/mol. The Morgan fingerprint density at radius 3 is 2.56 bits per heavy atom. The van der Waals surface area contributed by atoms with Gasteiger partial charge in [0.15, 0.2) is 0 Å². The summed E-state index contributed by atoms with van der Waals surface area (Å²) in [6, 6.07) is 10.5. The molecule has 18 heavy (non-hydrogen) atoms. The van der Waals surface area contributed by atoms with Crippen molar-refractivity contribution in [3.8, 4) is 5.75 Å². The van der Waals surface area contributed by atoms with Crippen LogP contribution in [0.3, 0.4) is 0 Å². The highest BCUT2D eigenvalue weighted by Crippen LogP contribution is 2.23. The van der Waals surface area contributed by atoms with Crippen molar-refractivity contribution >= 4 is 16.7 Å². The van der Waals surface area contributed by atoms with Gasteiger partial charge in [-0.05, 0) is 55.8 Å². The van der Waals surface area contributed by atoms with Gasteiger partial charge in [-0.3, -0.25) is 4.79 Å². The highest BCUT2D eigenvalue weighted by Gasteiger charge is 2.16. The SMILES string of the molecule is CC(C)(C)NC(=O)c1cccc2cc(O)ccc12. The molecule has 0 atom stereocenters. The highest BCUT2D eigenvalue weighted by molar-refractivity contribution is 6.07. The van der Waals surface area contributed by atoms with E-state index in [1.165, 1.54) is 0 Å². The van der Waals surface area contributed by atoms with Crippen LogP contribution in [0.2, 0.25) is 0 Å². The van der Waals surface area contributed by atoms with Crippen LogP contribution in [0, 0.1) is 0 Å². The van der Waals surface area contributed by atoms with E-state index >= 15 is 0 Å². The lowest BCUT2D eigenvalue weighted by atomic mass is 10.0. The Labute approximate surface area is 106 Å². The van der Waals surface area contributed by atoms with Crippen molar-refractivity contribution in [2.75, 3.05) is 0 Å². The number of amides is 1. The Hall–Kier alpha value is -2.03. The molecule has 0 saturated heterocycles. The quantitative estimate of drug-likeness (QED) is 0.808. The predicted molar refractivity (Wildman–Crippen MR) is 72.8 cm³/mol. The molecule has 0 aromatic heterocycles. The largest absolute Gasteiger partial charge is 0.508 e. The maximum absolute atomic E-state index is 12.2. The van der Waals surface area contributed by atoms with Crippen LogP contribution in [0.25, 0.3) is 10.8 Å². The summed E-state index contributed by atoms with van der Waals surface area (Å²) in [6.07, 6.45) is 0. The number of nitrogens with one attached hydrogen (secondary N) is 1. The number of fused-ring (bicyclic) bond motifs is 1. The minimum atomic E-state index is -0.268. The molecule has 0 radical (unpaired) electrons. The fraction of sp³-hybridized carbons (Fsp3) is 0.267. The first kappa shape index (κ1) is 12.4. The first-order valence-corrected chi connectivity index (χ1v) is 5.91. The van der Waals surface area contributed by atoms with E-state index in [1.807, 2.05) is 32.9 Å². The zero-order valence-electron chi connectivity index (χ0n) is 10.8. The third-order valence-electron chi connectivity index (χ3n) is 2.60. The van der Waals surface area contributed by atoms with Gasteiger partial charge in [0.1, 0.15) is 5.75 Å². The lowest BCUT2D eigenvalue weighted by Crippen LogP contribution is -2.40. The van der Waals surface area contributed by atoms with Crippen molar-refractivity contribution in [1.29, 1.82) is 0 Å². The van der Waals surface area contributed by atoms with Crippen molar-refractivity contribution in [1.82, 2.24) is 5.32 Å². The normalized spacial score (nSPS) is 11.5. The van der Waals surface area contributed by atoms with Crippen LogP contribution >= 0.6 is 0 Å². The summed E-state index contributed by atoms with van der Waals surface area (Å²) >= 11 is 0. The monoisotopic (exact) mass is 243 g/mol. The molecule has 2 aromatic carbocycles. The van der Waals surface area contributed by atoms with Crippen LogP contribution in [0.15, 0.2) is 36.4 Å². The molecule has 0 aliphatic heterocycles. The summed E-state index contributed by atoms with van der Waals surface area (Å²) in [6.45, 7) is 5.84. The van der Waals surface area contributed by atoms with Gasteiger partial charge >= 0.3 is 0 Å². The second-order valence-electron chi connectivity index (χ2n) is 5.42. The van der Waals surface area contributed by atoms with Gasteiger partial charge in [-0.2, -0.15) is 0 Å². The van der Waals surface area contributed by atoms with Gasteiger partial charge in [0.05, 0.1) is 0 Å². The van der Waals surface area contributed by atoms with Crippen molar-refractivity contribution in [2.45, 2.75) is 26.3 Å². The molecule has 0 heterocycles. The van der Waals surface area contributed by atoms with Crippen molar-refractivity contribution in [3.05, 3.63) is 42.0 Å². The summed E-state index contributed by atoms with van der Waals surface area (Å²) in [7, 11) is 0. The second-order valence-corrected chi connectivity index (χ2v) is 5.42. The summed E-state index contributed by atoms with van der Waals surface area (Å²) in [5, 5.41) is 14.1. The molecule has 3 nitrogen and oxygen atoms in total.